The Morgan fingerprint density at radius 1 is 0.833 bits per heavy atom. The van der Waals surface area contributed by atoms with E-state index in [2.05, 4.69) is 5.32 Å². The van der Waals surface area contributed by atoms with Crippen LogP contribution in [-0.2, 0) is 32.6 Å². The molecule has 0 saturated heterocycles. The predicted octanol–water partition coefficient (Wildman–Crippen LogP) is 5.91. The average molecular weight is 670 g/mol. The smallest absolute Gasteiger partial charge is 0.264 e. The van der Waals surface area contributed by atoms with Crippen molar-refractivity contribution in [2.24, 2.45) is 0 Å². The normalized spacial score (nSPS) is 13.8. The van der Waals surface area contributed by atoms with Crippen LogP contribution >= 0.6 is 0 Å². The molecule has 4 aromatic carbocycles. The number of nitrogens with zero attached hydrogens (tertiary/aromatic N) is 2. The first-order valence-electron chi connectivity index (χ1n) is 16.2. The first-order valence-corrected chi connectivity index (χ1v) is 17.6. The van der Waals surface area contributed by atoms with E-state index < -0.39 is 28.5 Å². The Morgan fingerprint density at radius 2 is 1.50 bits per heavy atom. The minimum atomic E-state index is -4.29. The molecule has 0 spiro atoms. The van der Waals surface area contributed by atoms with Crippen LogP contribution in [0.3, 0.4) is 0 Å². The lowest BCUT2D eigenvalue weighted by atomic mass is 10.0. The molecule has 1 fully saturated rings. The Kier molecular flexibility index (Phi) is 11.4. The fraction of sp³-hybridized carbons (Fsp3) is 0.316. The Balaban J connectivity index is 1.61. The molecule has 4 aromatic rings. The van der Waals surface area contributed by atoms with E-state index in [0.29, 0.717) is 5.75 Å². The van der Waals surface area contributed by atoms with E-state index in [9.17, 15) is 18.0 Å². The highest BCUT2D eigenvalue weighted by molar-refractivity contribution is 7.92. The number of hydrogen-bond donors (Lipinski definition) is 1. The molecule has 1 atom stereocenters. The molecule has 1 N–H and O–H groups in total. The zero-order valence-electron chi connectivity index (χ0n) is 27.7. The molecule has 252 valence electrons. The van der Waals surface area contributed by atoms with Crippen LogP contribution in [0.25, 0.3) is 0 Å². The van der Waals surface area contributed by atoms with Crippen molar-refractivity contribution in [1.29, 1.82) is 0 Å². The summed E-state index contributed by atoms with van der Waals surface area (Å²) in [6, 6.07) is 29.2. The van der Waals surface area contributed by atoms with Gasteiger partial charge >= 0.3 is 0 Å². The van der Waals surface area contributed by atoms with Gasteiger partial charge in [-0.3, -0.25) is 13.9 Å². The lowest BCUT2D eigenvalue weighted by molar-refractivity contribution is -0.140. The summed E-state index contributed by atoms with van der Waals surface area (Å²) in [7, 11) is -1.38. The molecule has 0 heterocycles. The lowest BCUT2D eigenvalue weighted by Gasteiger charge is -2.34. The molecule has 10 heteroatoms. The predicted molar refractivity (Wildman–Crippen MR) is 187 cm³/mol. The molecular weight excluding hydrogens is 627 g/mol. The van der Waals surface area contributed by atoms with E-state index in [0.717, 1.165) is 46.7 Å². The zero-order chi connectivity index (χ0) is 34.1. The number of carbonyl (C=O) groups excluding carboxylic acids is 2. The standard InChI is InChI=1S/C38H43N3O6S/c1-28-13-12-16-30(23-28)26-40(35(24-29-14-6-4-7-15-29)38(43)39-31-17-10-11-18-31)37(42)27-41(48(44,45)33-19-8-5-9-20-33)34-25-32(46-2)21-22-36(34)47-3/h4-9,12-16,19-23,25,31,35H,10-11,17-18,24,26-27H2,1-3H3,(H,39,43)/t35-/m0/s1. The van der Waals surface area contributed by atoms with Crippen molar-refractivity contribution in [2.75, 3.05) is 25.1 Å². The summed E-state index contributed by atoms with van der Waals surface area (Å²) in [6.45, 7) is 1.48. The van der Waals surface area contributed by atoms with Gasteiger partial charge in [0.05, 0.1) is 24.8 Å². The topological polar surface area (TPSA) is 105 Å². The van der Waals surface area contributed by atoms with Crippen molar-refractivity contribution >= 4 is 27.5 Å². The summed E-state index contributed by atoms with van der Waals surface area (Å²) < 4.78 is 40.8. The second-order valence-corrected chi connectivity index (χ2v) is 13.9. The second-order valence-electron chi connectivity index (χ2n) is 12.1. The molecule has 0 aromatic heterocycles. The summed E-state index contributed by atoms with van der Waals surface area (Å²) >= 11 is 0. The van der Waals surface area contributed by atoms with E-state index in [4.69, 9.17) is 9.47 Å². The Labute approximate surface area is 283 Å². The maximum Gasteiger partial charge on any atom is 0.264 e. The van der Waals surface area contributed by atoms with Gasteiger partial charge in [0.15, 0.2) is 0 Å². The van der Waals surface area contributed by atoms with Gasteiger partial charge in [0.1, 0.15) is 24.1 Å². The van der Waals surface area contributed by atoms with Gasteiger partial charge in [-0.25, -0.2) is 8.42 Å². The Bertz CT molecular complexity index is 1790. The number of sulfonamides is 1. The molecule has 9 nitrogen and oxygen atoms in total. The van der Waals surface area contributed by atoms with Gasteiger partial charge < -0.3 is 19.7 Å². The largest absolute Gasteiger partial charge is 0.497 e. The highest BCUT2D eigenvalue weighted by atomic mass is 32.2. The summed E-state index contributed by atoms with van der Waals surface area (Å²) in [6.07, 6.45) is 4.09. The van der Waals surface area contributed by atoms with Gasteiger partial charge in [0.2, 0.25) is 11.8 Å². The van der Waals surface area contributed by atoms with E-state index >= 15 is 0 Å². The fourth-order valence-electron chi connectivity index (χ4n) is 6.15. The van der Waals surface area contributed by atoms with Crippen molar-refractivity contribution in [2.45, 2.75) is 62.6 Å². The summed E-state index contributed by atoms with van der Waals surface area (Å²) in [5.74, 6) is -0.166. The van der Waals surface area contributed by atoms with Crippen molar-refractivity contribution in [3.8, 4) is 11.5 Å². The number of aryl methyl sites for hydroxylation is 1. The third kappa shape index (κ3) is 8.36. The van der Waals surface area contributed by atoms with Crippen LogP contribution in [0.5, 0.6) is 11.5 Å². The van der Waals surface area contributed by atoms with Crippen LogP contribution in [0.1, 0.15) is 42.4 Å². The third-order valence-electron chi connectivity index (χ3n) is 8.67. The molecule has 1 aliphatic rings. The van der Waals surface area contributed by atoms with Gasteiger partial charge in [-0.05, 0) is 55.2 Å². The maximum absolute atomic E-state index is 14.8. The van der Waals surface area contributed by atoms with Crippen LogP contribution in [0.4, 0.5) is 5.69 Å². The maximum atomic E-state index is 14.8. The number of methoxy groups -OCH3 is 2. The molecule has 2 amide bonds. The highest BCUT2D eigenvalue weighted by Gasteiger charge is 2.36. The SMILES string of the molecule is COc1ccc(OC)c(N(CC(=O)N(Cc2cccc(C)c2)[C@@H](Cc2ccccc2)C(=O)NC2CCCC2)S(=O)(=O)c2ccccc2)c1. The van der Waals surface area contributed by atoms with Gasteiger partial charge in [-0.2, -0.15) is 0 Å². The number of anilines is 1. The molecule has 0 radical (unpaired) electrons. The number of hydrogen-bond acceptors (Lipinski definition) is 6. The number of ether oxygens (including phenoxy) is 2. The summed E-state index contributed by atoms with van der Waals surface area (Å²) in [4.78, 5) is 30.5. The van der Waals surface area contributed by atoms with Gasteiger partial charge in [-0.15, -0.1) is 0 Å². The minimum Gasteiger partial charge on any atom is -0.497 e. The van der Waals surface area contributed by atoms with Crippen molar-refractivity contribution < 1.29 is 27.5 Å². The first kappa shape index (κ1) is 34.5. The number of amides is 2. The van der Waals surface area contributed by atoms with Crippen LogP contribution in [0.15, 0.2) is 108 Å². The van der Waals surface area contributed by atoms with Gasteiger partial charge in [-0.1, -0.05) is 91.2 Å². The second kappa shape index (κ2) is 15.8. The quantitative estimate of drug-likeness (QED) is 0.179. The number of carbonyl (C=O) groups is 2. The van der Waals surface area contributed by atoms with E-state index in [1.54, 1.807) is 30.3 Å². The number of nitrogens with one attached hydrogen (secondary N) is 1. The van der Waals surface area contributed by atoms with Crippen molar-refractivity contribution in [3.05, 3.63) is 120 Å². The molecule has 48 heavy (non-hydrogen) atoms. The Morgan fingerprint density at radius 3 is 2.15 bits per heavy atom. The monoisotopic (exact) mass is 669 g/mol. The van der Waals surface area contributed by atoms with Crippen LogP contribution < -0.4 is 19.1 Å². The molecule has 0 aliphatic heterocycles. The third-order valence-corrected chi connectivity index (χ3v) is 10.4. The molecule has 0 unspecified atom stereocenters. The number of rotatable bonds is 14. The average Bonchev–Trinajstić information content (AvgIpc) is 3.62. The molecule has 1 aliphatic carbocycles. The van der Waals surface area contributed by atoms with Crippen molar-refractivity contribution in [3.63, 3.8) is 0 Å². The van der Waals surface area contributed by atoms with Crippen LogP contribution in [-0.4, -0.2) is 58.0 Å². The Hall–Kier alpha value is -4.83. The lowest BCUT2D eigenvalue weighted by Crippen LogP contribution is -2.54. The summed E-state index contributed by atoms with van der Waals surface area (Å²) in [5.41, 5.74) is 2.85. The van der Waals surface area contributed by atoms with E-state index in [-0.39, 0.29) is 41.2 Å². The number of benzene rings is 4. The van der Waals surface area contributed by atoms with Crippen LogP contribution in [0, 0.1) is 6.92 Å². The van der Waals surface area contributed by atoms with E-state index in [1.807, 2.05) is 61.5 Å². The minimum absolute atomic E-state index is 0.00715. The zero-order valence-corrected chi connectivity index (χ0v) is 28.5. The fourth-order valence-corrected chi connectivity index (χ4v) is 7.59. The molecule has 0 bridgehead atoms. The van der Waals surface area contributed by atoms with Gasteiger partial charge in [0, 0.05) is 25.1 Å². The summed E-state index contributed by atoms with van der Waals surface area (Å²) in [5, 5.41) is 3.20. The first-order chi connectivity index (χ1) is 23.2. The molecular formula is C38H43N3O6S. The van der Waals surface area contributed by atoms with Gasteiger partial charge in [0.25, 0.3) is 10.0 Å². The van der Waals surface area contributed by atoms with Crippen molar-refractivity contribution in [1.82, 2.24) is 10.2 Å². The molecule has 5 rings (SSSR count). The van der Waals surface area contributed by atoms with Crippen LogP contribution in [0.2, 0.25) is 0 Å². The van der Waals surface area contributed by atoms with E-state index in [1.165, 1.54) is 37.3 Å². The highest BCUT2D eigenvalue weighted by Crippen LogP contribution is 2.36. The molecule has 1 saturated carbocycles.